The molecule has 110 valence electrons. The van der Waals surface area contributed by atoms with E-state index in [2.05, 4.69) is 40.5 Å². The number of benzene rings is 1. The lowest BCUT2D eigenvalue weighted by molar-refractivity contribution is 0.124. The zero-order valence-corrected chi connectivity index (χ0v) is 12.3. The Labute approximate surface area is 122 Å². The van der Waals surface area contributed by atoms with Crippen LogP contribution in [0, 0.1) is 5.92 Å². The summed E-state index contributed by atoms with van der Waals surface area (Å²) in [4.78, 5) is 2.54. The predicted octanol–water partition coefficient (Wildman–Crippen LogP) is 2.28. The molecule has 1 heterocycles. The molecule has 0 bridgehead atoms. The zero-order valence-electron chi connectivity index (χ0n) is 12.3. The average Bonchev–Trinajstić information content (AvgIpc) is 3.19. The number of nitrogens with zero attached hydrogens (tertiary/aromatic N) is 1. The van der Waals surface area contributed by atoms with Gasteiger partial charge in [0.15, 0.2) is 0 Å². The van der Waals surface area contributed by atoms with E-state index >= 15 is 0 Å². The summed E-state index contributed by atoms with van der Waals surface area (Å²) in [6.45, 7) is 6.29. The molecule has 0 radical (unpaired) electrons. The topological polar surface area (TPSA) is 24.5 Å². The van der Waals surface area contributed by atoms with Crippen LogP contribution in [0.15, 0.2) is 30.3 Å². The Balaban J connectivity index is 1.28. The third kappa shape index (κ3) is 4.58. The minimum Gasteiger partial charge on any atom is -0.380 e. The zero-order chi connectivity index (χ0) is 13.6. The molecule has 1 unspecified atom stereocenters. The minimum absolute atomic E-state index is 0.642. The fourth-order valence-electron chi connectivity index (χ4n) is 2.85. The lowest BCUT2D eigenvalue weighted by Gasteiger charge is -2.16. The van der Waals surface area contributed by atoms with Crippen molar-refractivity contribution in [3.63, 3.8) is 0 Å². The molecule has 3 rings (SSSR count). The van der Waals surface area contributed by atoms with Crippen molar-refractivity contribution in [2.24, 2.45) is 5.92 Å². The van der Waals surface area contributed by atoms with Gasteiger partial charge in [-0.3, -0.25) is 4.90 Å². The summed E-state index contributed by atoms with van der Waals surface area (Å²) in [5, 5.41) is 3.62. The van der Waals surface area contributed by atoms with Crippen LogP contribution < -0.4 is 5.32 Å². The monoisotopic (exact) mass is 274 g/mol. The van der Waals surface area contributed by atoms with E-state index < -0.39 is 0 Å². The minimum atomic E-state index is 0.642. The Morgan fingerprint density at radius 3 is 2.80 bits per heavy atom. The molecule has 3 nitrogen and oxygen atoms in total. The predicted molar refractivity (Wildman–Crippen MR) is 81.7 cm³/mol. The number of nitrogens with one attached hydrogen (secondary N) is 1. The smallest absolute Gasteiger partial charge is 0.0591 e. The maximum absolute atomic E-state index is 5.66. The van der Waals surface area contributed by atoms with Gasteiger partial charge < -0.3 is 10.1 Å². The molecule has 1 aliphatic carbocycles. The van der Waals surface area contributed by atoms with Crippen LogP contribution in [0.3, 0.4) is 0 Å². The van der Waals surface area contributed by atoms with Gasteiger partial charge in [0, 0.05) is 38.8 Å². The van der Waals surface area contributed by atoms with Gasteiger partial charge in [-0.1, -0.05) is 30.3 Å². The highest BCUT2D eigenvalue weighted by molar-refractivity contribution is 5.14. The van der Waals surface area contributed by atoms with Crippen LogP contribution in [0.1, 0.15) is 24.8 Å². The molecule has 0 amide bonds. The molecule has 1 saturated carbocycles. The fraction of sp³-hybridized carbons (Fsp3) is 0.647. The van der Waals surface area contributed by atoms with Crippen molar-refractivity contribution >= 4 is 0 Å². The molecule has 1 saturated heterocycles. The first kappa shape index (κ1) is 14.1. The van der Waals surface area contributed by atoms with Gasteiger partial charge in [-0.2, -0.15) is 0 Å². The summed E-state index contributed by atoms with van der Waals surface area (Å²) < 4.78 is 5.66. The molecule has 1 aromatic carbocycles. The largest absolute Gasteiger partial charge is 0.380 e. The molecule has 1 aromatic rings. The quantitative estimate of drug-likeness (QED) is 0.736. The SMILES string of the molecule is c1ccc(CN2CCC(NCCOCC3CC3)C2)cc1. The van der Waals surface area contributed by atoms with Crippen LogP contribution in [0.5, 0.6) is 0 Å². The van der Waals surface area contributed by atoms with Gasteiger partial charge in [0.05, 0.1) is 6.61 Å². The van der Waals surface area contributed by atoms with E-state index in [-0.39, 0.29) is 0 Å². The highest BCUT2D eigenvalue weighted by Gasteiger charge is 2.22. The fourth-order valence-corrected chi connectivity index (χ4v) is 2.85. The first-order chi connectivity index (χ1) is 9.90. The van der Waals surface area contributed by atoms with Crippen molar-refractivity contribution in [3.05, 3.63) is 35.9 Å². The molecule has 2 fully saturated rings. The summed E-state index contributed by atoms with van der Waals surface area (Å²) in [6.07, 6.45) is 4.02. The van der Waals surface area contributed by atoms with E-state index in [4.69, 9.17) is 4.74 Å². The summed E-state index contributed by atoms with van der Waals surface area (Å²) in [5.41, 5.74) is 1.42. The van der Waals surface area contributed by atoms with Gasteiger partial charge in [-0.15, -0.1) is 0 Å². The van der Waals surface area contributed by atoms with Gasteiger partial charge in [-0.25, -0.2) is 0 Å². The Bertz CT molecular complexity index is 391. The van der Waals surface area contributed by atoms with Crippen molar-refractivity contribution in [2.45, 2.75) is 31.8 Å². The molecule has 2 aliphatic rings. The first-order valence-electron chi connectivity index (χ1n) is 7.97. The van der Waals surface area contributed by atoms with E-state index in [1.54, 1.807) is 0 Å². The summed E-state index contributed by atoms with van der Waals surface area (Å²) >= 11 is 0. The second kappa shape index (κ2) is 7.21. The van der Waals surface area contributed by atoms with Crippen molar-refractivity contribution < 1.29 is 4.74 Å². The summed E-state index contributed by atoms with van der Waals surface area (Å²) in [5.74, 6) is 0.878. The lowest BCUT2D eigenvalue weighted by atomic mass is 10.2. The molecule has 1 atom stereocenters. The Hall–Kier alpha value is -0.900. The van der Waals surface area contributed by atoms with Crippen LogP contribution >= 0.6 is 0 Å². The number of rotatable bonds is 8. The molecule has 0 aromatic heterocycles. The van der Waals surface area contributed by atoms with Gasteiger partial charge in [-0.05, 0) is 30.7 Å². The van der Waals surface area contributed by atoms with E-state index in [1.165, 1.54) is 31.4 Å². The van der Waals surface area contributed by atoms with E-state index in [0.29, 0.717) is 6.04 Å². The highest BCUT2D eigenvalue weighted by atomic mass is 16.5. The van der Waals surface area contributed by atoms with Gasteiger partial charge >= 0.3 is 0 Å². The van der Waals surface area contributed by atoms with Crippen LogP contribution in [0.2, 0.25) is 0 Å². The summed E-state index contributed by atoms with van der Waals surface area (Å²) in [7, 11) is 0. The molecule has 0 spiro atoms. The number of ether oxygens (including phenoxy) is 1. The maximum Gasteiger partial charge on any atom is 0.0591 e. The standard InChI is InChI=1S/C17H26N2O/c1-2-4-15(5-3-1)12-19-10-8-17(13-19)18-9-11-20-14-16-6-7-16/h1-5,16-18H,6-14H2. The van der Waals surface area contributed by atoms with Gasteiger partial charge in [0.25, 0.3) is 0 Å². The third-order valence-corrected chi connectivity index (χ3v) is 4.25. The van der Waals surface area contributed by atoms with Crippen molar-refractivity contribution in [3.8, 4) is 0 Å². The van der Waals surface area contributed by atoms with E-state index in [1.807, 2.05) is 0 Å². The van der Waals surface area contributed by atoms with E-state index in [0.717, 1.165) is 38.8 Å². The first-order valence-corrected chi connectivity index (χ1v) is 7.97. The number of hydrogen-bond donors (Lipinski definition) is 1. The second-order valence-electron chi connectivity index (χ2n) is 6.18. The third-order valence-electron chi connectivity index (χ3n) is 4.25. The normalized spacial score (nSPS) is 23.3. The van der Waals surface area contributed by atoms with Crippen LogP contribution in [0.25, 0.3) is 0 Å². The number of likely N-dealkylation sites (tertiary alicyclic amines) is 1. The molecule has 1 aliphatic heterocycles. The van der Waals surface area contributed by atoms with Crippen LogP contribution in [0.4, 0.5) is 0 Å². The second-order valence-corrected chi connectivity index (χ2v) is 6.18. The highest BCUT2D eigenvalue weighted by Crippen LogP contribution is 2.28. The molecular weight excluding hydrogens is 248 g/mol. The van der Waals surface area contributed by atoms with Gasteiger partial charge in [0.2, 0.25) is 0 Å². The Kier molecular flexibility index (Phi) is 5.06. The Morgan fingerprint density at radius 2 is 2.00 bits per heavy atom. The average molecular weight is 274 g/mol. The Morgan fingerprint density at radius 1 is 1.15 bits per heavy atom. The number of hydrogen-bond acceptors (Lipinski definition) is 3. The lowest BCUT2D eigenvalue weighted by Crippen LogP contribution is -2.34. The summed E-state index contributed by atoms with van der Waals surface area (Å²) in [6, 6.07) is 11.4. The van der Waals surface area contributed by atoms with Crippen molar-refractivity contribution in [2.75, 3.05) is 32.8 Å². The van der Waals surface area contributed by atoms with Gasteiger partial charge in [0.1, 0.15) is 0 Å². The van der Waals surface area contributed by atoms with E-state index in [9.17, 15) is 0 Å². The van der Waals surface area contributed by atoms with Crippen molar-refractivity contribution in [1.82, 2.24) is 10.2 Å². The molecule has 1 N–H and O–H groups in total. The maximum atomic E-state index is 5.66. The molecular formula is C17H26N2O. The van der Waals surface area contributed by atoms with Crippen LogP contribution in [-0.2, 0) is 11.3 Å². The van der Waals surface area contributed by atoms with Crippen molar-refractivity contribution in [1.29, 1.82) is 0 Å². The van der Waals surface area contributed by atoms with Crippen LogP contribution in [-0.4, -0.2) is 43.8 Å². The molecule has 3 heteroatoms. The molecule has 20 heavy (non-hydrogen) atoms.